The maximum Gasteiger partial charge on any atom is 0.223 e. The SMILES string of the molecule is CCCC(O)CNc1nc2c(c(-c3ccccc3)n1)CN(C#N)C2. The van der Waals surface area contributed by atoms with E-state index in [1.165, 1.54) is 0 Å². The molecule has 1 aliphatic rings. The third-order valence-corrected chi connectivity index (χ3v) is 4.09. The van der Waals surface area contributed by atoms with E-state index in [4.69, 9.17) is 0 Å². The molecule has 2 aromatic rings. The predicted octanol–water partition coefficient (Wildman–Crippen LogP) is 2.51. The molecular weight excluding hydrogens is 302 g/mol. The lowest BCUT2D eigenvalue weighted by Gasteiger charge is -2.13. The monoisotopic (exact) mass is 323 g/mol. The number of nitrogens with zero attached hydrogens (tertiary/aromatic N) is 4. The summed E-state index contributed by atoms with van der Waals surface area (Å²) in [5, 5.41) is 22.2. The van der Waals surface area contributed by atoms with Crippen LogP contribution in [-0.4, -0.2) is 32.6 Å². The summed E-state index contributed by atoms with van der Waals surface area (Å²) in [5.41, 5.74) is 3.74. The van der Waals surface area contributed by atoms with Gasteiger partial charge in [0, 0.05) is 17.7 Å². The lowest BCUT2D eigenvalue weighted by Crippen LogP contribution is -2.20. The number of hydrogen-bond donors (Lipinski definition) is 2. The molecule has 0 saturated carbocycles. The summed E-state index contributed by atoms with van der Waals surface area (Å²) in [6.07, 6.45) is 3.44. The summed E-state index contributed by atoms with van der Waals surface area (Å²) < 4.78 is 0. The molecule has 0 fully saturated rings. The molecule has 2 heterocycles. The third kappa shape index (κ3) is 3.47. The fourth-order valence-electron chi connectivity index (χ4n) is 2.88. The van der Waals surface area contributed by atoms with Crippen LogP contribution in [0.3, 0.4) is 0 Å². The Bertz CT molecular complexity index is 741. The molecule has 2 N–H and O–H groups in total. The van der Waals surface area contributed by atoms with Crippen LogP contribution >= 0.6 is 0 Å². The summed E-state index contributed by atoms with van der Waals surface area (Å²) >= 11 is 0. The minimum absolute atomic E-state index is 0.414. The highest BCUT2D eigenvalue weighted by atomic mass is 16.3. The third-order valence-electron chi connectivity index (χ3n) is 4.09. The van der Waals surface area contributed by atoms with Crippen LogP contribution in [0.25, 0.3) is 11.3 Å². The van der Waals surface area contributed by atoms with Crippen molar-refractivity contribution in [2.24, 2.45) is 0 Å². The molecule has 3 rings (SSSR count). The number of rotatable bonds is 6. The van der Waals surface area contributed by atoms with Crippen molar-refractivity contribution in [2.45, 2.75) is 39.0 Å². The van der Waals surface area contributed by atoms with Crippen molar-refractivity contribution in [1.29, 1.82) is 5.26 Å². The van der Waals surface area contributed by atoms with Crippen molar-refractivity contribution in [2.75, 3.05) is 11.9 Å². The molecule has 1 atom stereocenters. The molecule has 0 saturated heterocycles. The van der Waals surface area contributed by atoms with Crippen LogP contribution in [-0.2, 0) is 13.1 Å². The number of nitrogens with one attached hydrogen (secondary N) is 1. The Balaban J connectivity index is 1.91. The van der Waals surface area contributed by atoms with Gasteiger partial charge in [-0.1, -0.05) is 43.7 Å². The Morgan fingerprint density at radius 1 is 1.29 bits per heavy atom. The first kappa shape index (κ1) is 16.2. The fraction of sp³-hybridized carbons (Fsp3) is 0.389. The van der Waals surface area contributed by atoms with Crippen LogP contribution < -0.4 is 5.32 Å². The van der Waals surface area contributed by atoms with Crippen molar-refractivity contribution in [3.8, 4) is 17.5 Å². The van der Waals surface area contributed by atoms with E-state index in [1.807, 2.05) is 37.3 Å². The van der Waals surface area contributed by atoms with Gasteiger partial charge in [0.05, 0.1) is 30.6 Å². The van der Waals surface area contributed by atoms with Gasteiger partial charge in [0.25, 0.3) is 0 Å². The average Bonchev–Trinajstić information content (AvgIpc) is 3.03. The van der Waals surface area contributed by atoms with Crippen LogP contribution in [0.2, 0.25) is 0 Å². The smallest absolute Gasteiger partial charge is 0.223 e. The average molecular weight is 323 g/mol. The maximum absolute atomic E-state index is 9.90. The minimum Gasteiger partial charge on any atom is -0.391 e. The van der Waals surface area contributed by atoms with E-state index in [9.17, 15) is 10.4 Å². The van der Waals surface area contributed by atoms with E-state index < -0.39 is 6.10 Å². The van der Waals surface area contributed by atoms with Crippen LogP contribution in [0, 0.1) is 11.5 Å². The normalized spacial score (nSPS) is 14.1. The van der Waals surface area contributed by atoms with Gasteiger partial charge in [-0.05, 0) is 6.42 Å². The quantitative estimate of drug-likeness (QED) is 0.795. The van der Waals surface area contributed by atoms with Gasteiger partial charge in [0.2, 0.25) is 5.95 Å². The molecule has 6 nitrogen and oxygen atoms in total. The molecule has 24 heavy (non-hydrogen) atoms. The molecule has 0 spiro atoms. The lowest BCUT2D eigenvalue weighted by molar-refractivity contribution is 0.176. The molecule has 0 aliphatic carbocycles. The molecule has 6 heteroatoms. The first-order valence-corrected chi connectivity index (χ1v) is 8.23. The van der Waals surface area contributed by atoms with Gasteiger partial charge in [-0.25, -0.2) is 9.97 Å². The van der Waals surface area contributed by atoms with Crippen LogP contribution in [0.5, 0.6) is 0 Å². The standard InChI is InChI=1S/C18H21N5O/c1-2-6-14(24)9-20-18-21-16-11-23(12-19)10-15(16)17(22-18)13-7-4-3-5-8-13/h3-5,7-8,14,24H,2,6,9-11H2,1H3,(H,20,21,22). The van der Waals surface area contributed by atoms with E-state index in [0.29, 0.717) is 25.6 Å². The van der Waals surface area contributed by atoms with Gasteiger partial charge in [0.15, 0.2) is 6.19 Å². The first-order chi connectivity index (χ1) is 11.7. The number of hydrogen-bond acceptors (Lipinski definition) is 6. The number of benzene rings is 1. The van der Waals surface area contributed by atoms with Crippen molar-refractivity contribution in [3.05, 3.63) is 41.6 Å². The lowest BCUT2D eigenvalue weighted by atomic mass is 10.1. The number of aromatic nitrogens is 2. The summed E-state index contributed by atoms with van der Waals surface area (Å²) in [6.45, 7) is 3.50. The van der Waals surface area contributed by atoms with Gasteiger partial charge in [-0.2, -0.15) is 5.26 Å². The molecular formula is C18H21N5O. The van der Waals surface area contributed by atoms with Gasteiger partial charge >= 0.3 is 0 Å². The topological polar surface area (TPSA) is 85.1 Å². The van der Waals surface area contributed by atoms with Crippen LogP contribution in [0.4, 0.5) is 5.95 Å². The highest BCUT2D eigenvalue weighted by Gasteiger charge is 2.25. The van der Waals surface area contributed by atoms with Gasteiger partial charge < -0.3 is 15.3 Å². The summed E-state index contributed by atoms with van der Waals surface area (Å²) in [6, 6.07) is 9.92. The zero-order chi connectivity index (χ0) is 16.9. The molecule has 0 radical (unpaired) electrons. The van der Waals surface area contributed by atoms with E-state index in [0.717, 1.165) is 35.4 Å². The van der Waals surface area contributed by atoms with Crippen LogP contribution in [0.1, 0.15) is 31.0 Å². The zero-order valence-electron chi connectivity index (χ0n) is 13.7. The molecule has 0 bridgehead atoms. The highest BCUT2D eigenvalue weighted by Crippen LogP contribution is 2.31. The molecule has 0 amide bonds. The molecule has 1 aromatic carbocycles. The number of anilines is 1. The maximum atomic E-state index is 9.90. The zero-order valence-corrected chi connectivity index (χ0v) is 13.7. The molecule has 1 unspecified atom stereocenters. The number of aliphatic hydroxyl groups excluding tert-OH is 1. The highest BCUT2D eigenvalue weighted by molar-refractivity contribution is 5.66. The Kier molecular flexibility index (Phi) is 4.92. The van der Waals surface area contributed by atoms with Crippen molar-refractivity contribution < 1.29 is 5.11 Å². The van der Waals surface area contributed by atoms with Gasteiger partial charge in [0.1, 0.15) is 0 Å². The Labute approximate surface area is 141 Å². The second-order valence-electron chi connectivity index (χ2n) is 5.97. The van der Waals surface area contributed by atoms with Crippen molar-refractivity contribution in [3.63, 3.8) is 0 Å². The van der Waals surface area contributed by atoms with E-state index in [-0.39, 0.29) is 0 Å². The van der Waals surface area contributed by atoms with E-state index in [2.05, 4.69) is 21.5 Å². The number of fused-ring (bicyclic) bond motifs is 1. The Morgan fingerprint density at radius 2 is 2.08 bits per heavy atom. The second-order valence-corrected chi connectivity index (χ2v) is 5.97. The number of aliphatic hydroxyl groups is 1. The van der Waals surface area contributed by atoms with Crippen LogP contribution in [0.15, 0.2) is 30.3 Å². The predicted molar refractivity (Wildman–Crippen MR) is 91.7 cm³/mol. The molecule has 1 aliphatic heterocycles. The largest absolute Gasteiger partial charge is 0.391 e. The first-order valence-electron chi connectivity index (χ1n) is 8.23. The summed E-state index contributed by atoms with van der Waals surface area (Å²) in [5.74, 6) is 0.502. The van der Waals surface area contributed by atoms with E-state index in [1.54, 1.807) is 4.90 Å². The Hall–Kier alpha value is -2.65. The fourth-order valence-corrected chi connectivity index (χ4v) is 2.88. The summed E-state index contributed by atoms with van der Waals surface area (Å²) in [7, 11) is 0. The Morgan fingerprint density at radius 3 is 2.79 bits per heavy atom. The summed E-state index contributed by atoms with van der Waals surface area (Å²) in [4.78, 5) is 10.9. The molecule has 124 valence electrons. The number of nitriles is 1. The minimum atomic E-state index is -0.414. The van der Waals surface area contributed by atoms with E-state index >= 15 is 0 Å². The van der Waals surface area contributed by atoms with Gasteiger partial charge in [-0.15, -0.1) is 0 Å². The van der Waals surface area contributed by atoms with Crippen molar-refractivity contribution in [1.82, 2.24) is 14.9 Å². The second kappa shape index (κ2) is 7.28. The van der Waals surface area contributed by atoms with Crippen molar-refractivity contribution >= 4 is 5.95 Å². The molecule has 1 aromatic heterocycles. The van der Waals surface area contributed by atoms with Gasteiger partial charge in [-0.3, -0.25) is 0 Å².